The van der Waals surface area contributed by atoms with E-state index in [9.17, 15) is 9.59 Å². The summed E-state index contributed by atoms with van der Waals surface area (Å²) in [5.74, 6) is 2.27. The highest BCUT2D eigenvalue weighted by Gasteiger charge is 2.54. The summed E-state index contributed by atoms with van der Waals surface area (Å²) in [6.07, 6.45) is 8.79. The normalized spacial score (nSPS) is 32.8. The molecule has 0 heterocycles. The molecule has 4 aliphatic carbocycles. The van der Waals surface area contributed by atoms with Crippen molar-refractivity contribution in [3.8, 4) is 0 Å². The third-order valence-corrected chi connectivity index (χ3v) is 6.13. The van der Waals surface area contributed by atoms with Crippen molar-refractivity contribution in [1.82, 2.24) is 5.43 Å². The van der Waals surface area contributed by atoms with E-state index < -0.39 is 0 Å². The number of nitrogens with one attached hydrogen (secondary N) is 2. The van der Waals surface area contributed by atoms with Crippen LogP contribution in [-0.4, -0.2) is 18.0 Å². The van der Waals surface area contributed by atoms with Crippen LogP contribution in [0.1, 0.15) is 51.0 Å². The Labute approximate surface area is 148 Å². The molecule has 25 heavy (non-hydrogen) atoms. The van der Waals surface area contributed by atoms with E-state index in [1.54, 1.807) is 6.21 Å². The van der Waals surface area contributed by atoms with Crippen LogP contribution in [0.25, 0.3) is 0 Å². The summed E-state index contributed by atoms with van der Waals surface area (Å²) < 4.78 is 0. The van der Waals surface area contributed by atoms with Crippen LogP contribution in [0, 0.1) is 23.2 Å². The van der Waals surface area contributed by atoms with E-state index >= 15 is 0 Å². The Morgan fingerprint density at radius 1 is 1.04 bits per heavy atom. The van der Waals surface area contributed by atoms with E-state index in [0.717, 1.165) is 48.3 Å². The molecule has 0 unspecified atom stereocenters. The lowest BCUT2D eigenvalue weighted by molar-refractivity contribution is -0.146. The first-order valence-electron chi connectivity index (χ1n) is 9.23. The van der Waals surface area contributed by atoms with Crippen molar-refractivity contribution >= 4 is 23.7 Å². The van der Waals surface area contributed by atoms with Gasteiger partial charge in [0.15, 0.2) is 0 Å². The lowest BCUT2D eigenvalue weighted by Gasteiger charge is -2.55. The number of carbonyl (C=O) groups is 2. The predicted octanol–water partition coefficient (Wildman–Crippen LogP) is 3.31. The summed E-state index contributed by atoms with van der Waals surface area (Å²) in [4.78, 5) is 23.8. The van der Waals surface area contributed by atoms with Crippen LogP contribution in [0.2, 0.25) is 0 Å². The lowest BCUT2D eigenvalue weighted by Crippen LogP contribution is -2.52. The number of nitrogens with zero attached hydrogens (tertiary/aromatic N) is 1. The molecule has 4 fully saturated rings. The molecule has 2 N–H and O–H groups in total. The van der Waals surface area contributed by atoms with Gasteiger partial charge in [-0.15, -0.1) is 0 Å². The minimum atomic E-state index is -0.165. The van der Waals surface area contributed by atoms with Gasteiger partial charge in [-0.3, -0.25) is 9.59 Å². The first-order valence-corrected chi connectivity index (χ1v) is 9.23. The molecule has 0 aromatic heterocycles. The monoisotopic (exact) mass is 339 g/mol. The summed E-state index contributed by atoms with van der Waals surface area (Å²) in [6.45, 7) is 1.48. The lowest BCUT2D eigenvalue weighted by atomic mass is 9.49. The molecular formula is C20H25N3O2. The highest BCUT2D eigenvalue weighted by atomic mass is 16.2. The molecule has 0 radical (unpaired) electrons. The number of hydrazone groups is 1. The largest absolute Gasteiger partial charge is 0.326 e. The molecule has 0 saturated heterocycles. The molecule has 4 aliphatic rings. The molecule has 5 rings (SSSR count). The fraction of sp³-hybridized carbons (Fsp3) is 0.550. The Hall–Kier alpha value is -2.17. The van der Waals surface area contributed by atoms with Gasteiger partial charge in [0, 0.05) is 12.6 Å². The number of carbonyl (C=O) groups excluding carboxylic acids is 2. The van der Waals surface area contributed by atoms with Crippen molar-refractivity contribution in [2.75, 3.05) is 5.32 Å². The van der Waals surface area contributed by atoms with E-state index in [-0.39, 0.29) is 17.2 Å². The zero-order valence-corrected chi connectivity index (χ0v) is 14.6. The first kappa shape index (κ1) is 16.3. The predicted molar refractivity (Wildman–Crippen MR) is 97.1 cm³/mol. The van der Waals surface area contributed by atoms with Crippen LogP contribution in [0.15, 0.2) is 29.4 Å². The molecule has 1 aromatic carbocycles. The van der Waals surface area contributed by atoms with Gasteiger partial charge in [-0.25, -0.2) is 5.43 Å². The van der Waals surface area contributed by atoms with E-state index in [0.29, 0.717) is 0 Å². The molecule has 4 bridgehead atoms. The molecule has 5 nitrogen and oxygen atoms in total. The second-order valence-corrected chi connectivity index (χ2v) is 8.20. The quantitative estimate of drug-likeness (QED) is 0.652. The Morgan fingerprint density at radius 3 is 2.12 bits per heavy atom. The summed E-state index contributed by atoms with van der Waals surface area (Å²) in [6, 6.07) is 7.38. The van der Waals surface area contributed by atoms with Crippen molar-refractivity contribution in [2.45, 2.75) is 45.4 Å². The zero-order chi connectivity index (χ0) is 17.4. The summed E-state index contributed by atoms with van der Waals surface area (Å²) in [5.41, 5.74) is 4.27. The van der Waals surface area contributed by atoms with Gasteiger partial charge >= 0.3 is 0 Å². The number of rotatable bonds is 4. The van der Waals surface area contributed by atoms with Crippen LogP contribution in [0.3, 0.4) is 0 Å². The minimum absolute atomic E-state index is 0.0933. The molecule has 0 spiro atoms. The van der Waals surface area contributed by atoms with Crippen LogP contribution in [-0.2, 0) is 9.59 Å². The topological polar surface area (TPSA) is 70.6 Å². The van der Waals surface area contributed by atoms with Gasteiger partial charge in [0.2, 0.25) is 11.8 Å². The average molecular weight is 339 g/mol. The van der Waals surface area contributed by atoms with E-state index in [2.05, 4.69) is 15.8 Å². The Balaban J connectivity index is 1.37. The van der Waals surface area contributed by atoms with Gasteiger partial charge in [0.1, 0.15) is 0 Å². The van der Waals surface area contributed by atoms with Crippen molar-refractivity contribution < 1.29 is 9.59 Å². The molecule has 4 saturated carbocycles. The van der Waals surface area contributed by atoms with Gasteiger partial charge in [-0.2, -0.15) is 5.10 Å². The molecule has 132 valence electrons. The average Bonchev–Trinajstić information content (AvgIpc) is 2.54. The third kappa shape index (κ3) is 3.32. The maximum absolute atomic E-state index is 12.8. The minimum Gasteiger partial charge on any atom is -0.326 e. The third-order valence-electron chi connectivity index (χ3n) is 6.13. The van der Waals surface area contributed by atoms with Crippen LogP contribution >= 0.6 is 0 Å². The van der Waals surface area contributed by atoms with E-state index in [1.807, 2.05) is 24.3 Å². The van der Waals surface area contributed by atoms with Gasteiger partial charge in [0.25, 0.3) is 0 Å². The number of benzene rings is 1. The van der Waals surface area contributed by atoms with Crippen molar-refractivity contribution in [3.63, 3.8) is 0 Å². The van der Waals surface area contributed by atoms with Crippen molar-refractivity contribution in [1.29, 1.82) is 0 Å². The molecular weight excluding hydrogens is 314 g/mol. The van der Waals surface area contributed by atoms with E-state index in [1.165, 1.54) is 26.2 Å². The summed E-state index contributed by atoms with van der Waals surface area (Å²) >= 11 is 0. The maximum Gasteiger partial charge on any atom is 0.246 e. The van der Waals surface area contributed by atoms with Gasteiger partial charge in [-0.1, -0.05) is 12.1 Å². The Kier molecular flexibility index (Phi) is 4.10. The van der Waals surface area contributed by atoms with E-state index in [4.69, 9.17) is 0 Å². The SMILES string of the molecule is CC(=O)Nc1ccc(/C=N/NC(=O)C23CC4CC(CC(C4)C2)C3)cc1. The molecule has 0 aliphatic heterocycles. The summed E-state index contributed by atoms with van der Waals surface area (Å²) in [5, 5.41) is 6.90. The van der Waals surface area contributed by atoms with Gasteiger partial charge in [-0.05, 0) is 74.0 Å². The number of anilines is 1. The van der Waals surface area contributed by atoms with Crippen LogP contribution in [0.5, 0.6) is 0 Å². The standard InChI is InChI=1S/C20H25N3O2/c1-13(24)22-18-4-2-14(3-5-18)12-21-23-19(25)20-9-15-6-16(10-20)8-17(7-15)11-20/h2-5,12,15-17H,6-11H2,1H3,(H,22,24)(H,23,25)/b21-12+. The smallest absolute Gasteiger partial charge is 0.246 e. The first-order chi connectivity index (χ1) is 12.0. The highest BCUT2D eigenvalue weighted by molar-refractivity contribution is 5.90. The number of hydrogen-bond donors (Lipinski definition) is 2. The second-order valence-electron chi connectivity index (χ2n) is 8.20. The molecule has 1 aromatic rings. The number of hydrogen-bond acceptors (Lipinski definition) is 3. The van der Waals surface area contributed by atoms with Gasteiger partial charge in [0.05, 0.1) is 11.6 Å². The van der Waals surface area contributed by atoms with Crippen molar-refractivity contribution in [2.24, 2.45) is 28.3 Å². The van der Waals surface area contributed by atoms with Gasteiger partial charge < -0.3 is 5.32 Å². The Morgan fingerprint density at radius 2 is 1.60 bits per heavy atom. The molecule has 5 heteroatoms. The van der Waals surface area contributed by atoms with Crippen molar-refractivity contribution in [3.05, 3.63) is 29.8 Å². The number of amides is 2. The highest BCUT2D eigenvalue weighted by Crippen LogP contribution is 2.60. The molecule has 2 amide bonds. The summed E-state index contributed by atoms with van der Waals surface area (Å²) in [7, 11) is 0. The maximum atomic E-state index is 12.8. The second kappa shape index (κ2) is 6.28. The zero-order valence-electron chi connectivity index (χ0n) is 14.6. The van der Waals surface area contributed by atoms with Crippen LogP contribution in [0.4, 0.5) is 5.69 Å². The Bertz CT molecular complexity index is 673. The molecule has 0 atom stereocenters. The van der Waals surface area contributed by atoms with Crippen LogP contribution < -0.4 is 10.7 Å². The fourth-order valence-corrected chi connectivity index (χ4v) is 5.53. The fourth-order valence-electron chi connectivity index (χ4n) is 5.53.